The highest BCUT2D eigenvalue weighted by Gasteiger charge is 2.21. The van der Waals surface area contributed by atoms with E-state index in [0.29, 0.717) is 18.0 Å². The van der Waals surface area contributed by atoms with E-state index < -0.39 is 33.7 Å². The second kappa shape index (κ2) is 6.03. The summed E-state index contributed by atoms with van der Waals surface area (Å²) in [7, 11) is 0. The third-order valence-electron chi connectivity index (χ3n) is 2.52. The first-order chi connectivity index (χ1) is 9.99. The van der Waals surface area contributed by atoms with Crippen LogP contribution in [0.4, 0.5) is 14.5 Å². The molecular weight excluding hydrogens is 290 g/mol. The fraction of sp³-hybridized carbons (Fsp3) is 0.182. The Hall–Kier alpha value is -2.91. The van der Waals surface area contributed by atoms with E-state index in [-0.39, 0.29) is 13.0 Å². The van der Waals surface area contributed by atoms with Crippen molar-refractivity contribution >= 4 is 11.6 Å². The summed E-state index contributed by atoms with van der Waals surface area (Å²) in [4.78, 5) is 24.7. The van der Waals surface area contributed by atoms with Gasteiger partial charge >= 0.3 is 5.69 Å². The normalized spacial score (nSPS) is 10.4. The highest BCUT2D eigenvalue weighted by atomic mass is 19.1. The van der Waals surface area contributed by atoms with Gasteiger partial charge in [0.05, 0.1) is 16.6 Å². The molecule has 0 unspecified atom stereocenters. The van der Waals surface area contributed by atoms with Crippen molar-refractivity contribution in [3.63, 3.8) is 0 Å². The molecule has 0 saturated carbocycles. The zero-order valence-electron chi connectivity index (χ0n) is 10.4. The van der Waals surface area contributed by atoms with E-state index in [1.165, 1.54) is 0 Å². The van der Waals surface area contributed by atoms with E-state index in [4.69, 9.17) is 0 Å². The Kier molecular flexibility index (Phi) is 4.16. The number of rotatable bonds is 5. The smallest absolute Gasteiger partial charge is 0.307 e. The van der Waals surface area contributed by atoms with Crippen LogP contribution in [-0.2, 0) is 6.42 Å². The fourth-order valence-electron chi connectivity index (χ4n) is 1.54. The van der Waals surface area contributed by atoms with Crippen LogP contribution in [0.25, 0.3) is 0 Å². The molecule has 0 aliphatic heterocycles. The van der Waals surface area contributed by atoms with E-state index in [0.717, 1.165) is 6.39 Å². The Labute approximate surface area is 115 Å². The fourth-order valence-corrected chi connectivity index (χ4v) is 1.54. The van der Waals surface area contributed by atoms with Crippen LogP contribution in [0.3, 0.4) is 0 Å². The van der Waals surface area contributed by atoms with Crippen molar-refractivity contribution in [3.8, 4) is 0 Å². The first-order valence-electron chi connectivity index (χ1n) is 5.66. The van der Waals surface area contributed by atoms with Gasteiger partial charge in [-0.3, -0.25) is 14.9 Å². The summed E-state index contributed by atoms with van der Waals surface area (Å²) in [6.45, 7) is 0.0659. The summed E-state index contributed by atoms with van der Waals surface area (Å²) in [6, 6.07) is 0.848. The standard InChI is InChI=1S/C11H8F2N4O4/c12-7-4-9(17(19)20)8(13)3-6(7)11(18)14-2-1-10-15-5-21-16-10/h3-5H,1-2H2,(H,14,18). The van der Waals surface area contributed by atoms with E-state index in [1.807, 2.05) is 0 Å². The van der Waals surface area contributed by atoms with Gasteiger partial charge in [0.25, 0.3) is 5.91 Å². The van der Waals surface area contributed by atoms with Crippen molar-refractivity contribution in [3.05, 3.63) is 51.7 Å². The van der Waals surface area contributed by atoms with E-state index in [2.05, 4.69) is 20.0 Å². The van der Waals surface area contributed by atoms with Crippen LogP contribution in [0.5, 0.6) is 0 Å². The zero-order valence-corrected chi connectivity index (χ0v) is 10.4. The number of nitro benzene ring substituents is 1. The van der Waals surface area contributed by atoms with Gasteiger partial charge in [-0.25, -0.2) is 4.39 Å². The Bertz CT molecular complexity index is 675. The number of nitrogens with one attached hydrogen (secondary N) is 1. The van der Waals surface area contributed by atoms with Crippen molar-refractivity contribution in [2.45, 2.75) is 6.42 Å². The molecule has 0 saturated heterocycles. The molecule has 110 valence electrons. The number of carbonyl (C=O) groups is 1. The van der Waals surface area contributed by atoms with Crippen molar-refractivity contribution < 1.29 is 23.0 Å². The Balaban J connectivity index is 2.05. The number of hydrogen-bond acceptors (Lipinski definition) is 6. The van der Waals surface area contributed by atoms with Gasteiger partial charge in [0.1, 0.15) is 5.82 Å². The first kappa shape index (κ1) is 14.5. The monoisotopic (exact) mass is 298 g/mol. The predicted molar refractivity (Wildman–Crippen MR) is 63.3 cm³/mol. The topological polar surface area (TPSA) is 111 Å². The van der Waals surface area contributed by atoms with E-state index in [1.54, 1.807) is 0 Å². The minimum atomic E-state index is -1.29. The van der Waals surface area contributed by atoms with Crippen LogP contribution in [-0.4, -0.2) is 27.5 Å². The number of nitrogens with zero attached hydrogens (tertiary/aromatic N) is 3. The number of benzene rings is 1. The Morgan fingerprint density at radius 2 is 2.14 bits per heavy atom. The quantitative estimate of drug-likeness (QED) is 0.656. The van der Waals surface area contributed by atoms with Gasteiger partial charge < -0.3 is 9.84 Å². The molecule has 0 atom stereocenters. The van der Waals surface area contributed by atoms with Crippen molar-refractivity contribution in [2.75, 3.05) is 6.54 Å². The average molecular weight is 298 g/mol. The van der Waals surface area contributed by atoms with Gasteiger partial charge in [0, 0.05) is 13.0 Å². The predicted octanol–water partition coefficient (Wildman–Crippen LogP) is 1.23. The third-order valence-corrected chi connectivity index (χ3v) is 2.52. The molecule has 2 aromatic rings. The molecule has 0 aliphatic carbocycles. The van der Waals surface area contributed by atoms with E-state index in [9.17, 15) is 23.7 Å². The van der Waals surface area contributed by atoms with E-state index >= 15 is 0 Å². The maximum Gasteiger partial charge on any atom is 0.307 e. The summed E-state index contributed by atoms with van der Waals surface area (Å²) in [5.74, 6) is -3.03. The first-order valence-corrected chi connectivity index (χ1v) is 5.66. The lowest BCUT2D eigenvalue weighted by molar-refractivity contribution is -0.387. The Morgan fingerprint density at radius 1 is 1.38 bits per heavy atom. The number of carbonyl (C=O) groups excluding carboxylic acids is 1. The summed E-state index contributed by atoms with van der Waals surface area (Å²) in [5.41, 5.74) is -1.65. The van der Waals surface area contributed by atoms with Crippen molar-refractivity contribution in [1.29, 1.82) is 0 Å². The summed E-state index contributed by atoms with van der Waals surface area (Å²) < 4.78 is 31.4. The molecule has 1 amide bonds. The van der Waals surface area contributed by atoms with Crippen LogP contribution in [0, 0.1) is 21.7 Å². The molecule has 2 rings (SSSR count). The lowest BCUT2D eigenvalue weighted by atomic mass is 10.1. The van der Waals surface area contributed by atoms with Crippen LogP contribution in [0.2, 0.25) is 0 Å². The number of nitro groups is 1. The second-order valence-corrected chi connectivity index (χ2v) is 3.89. The van der Waals surface area contributed by atoms with Crippen LogP contribution >= 0.6 is 0 Å². The number of halogens is 2. The lowest BCUT2D eigenvalue weighted by Gasteiger charge is -2.05. The molecule has 0 fully saturated rings. The highest BCUT2D eigenvalue weighted by Crippen LogP contribution is 2.21. The molecule has 8 nitrogen and oxygen atoms in total. The molecule has 0 spiro atoms. The largest absolute Gasteiger partial charge is 0.351 e. The van der Waals surface area contributed by atoms with Gasteiger partial charge in [-0.1, -0.05) is 5.16 Å². The van der Waals surface area contributed by atoms with Crippen LogP contribution in [0.15, 0.2) is 23.0 Å². The Morgan fingerprint density at radius 3 is 2.76 bits per heavy atom. The summed E-state index contributed by atoms with van der Waals surface area (Å²) in [5, 5.41) is 16.3. The molecule has 10 heteroatoms. The number of amides is 1. The molecule has 21 heavy (non-hydrogen) atoms. The maximum atomic E-state index is 13.6. The highest BCUT2D eigenvalue weighted by molar-refractivity contribution is 5.94. The minimum absolute atomic E-state index is 0.0659. The second-order valence-electron chi connectivity index (χ2n) is 3.89. The van der Waals surface area contributed by atoms with Crippen LogP contribution in [0.1, 0.15) is 16.2 Å². The zero-order chi connectivity index (χ0) is 15.4. The molecular formula is C11H8F2N4O4. The number of hydrogen-bond donors (Lipinski definition) is 1. The van der Waals surface area contributed by atoms with Gasteiger partial charge in [0.2, 0.25) is 12.2 Å². The van der Waals surface area contributed by atoms with Crippen LogP contribution < -0.4 is 5.32 Å². The molecule has 0 bridgehead atoms. The molecule has 1 aromatic carbocycles. The molecule has 1 heterocycles. The van der Waals surface area contributed by atoms with Crippen molar-refractivity contribution in [1.82, 2.24) is 15.5 Å². The molecule has 1 aromatic heterocycles. The van der Waals surface area contributed by atoms with Gasteiger partial charge in [-0.05, 0) is 6.07 Å². The molecule has 1 N–H and O–H groups in total. The lowest BCUT2D eigenvalue weighted by Crippen LogP contribution is -2.27. The molecule has 0 aliphatic rings. The summed E-state index contributed by atoms with van der Waals surface area (Å²) in [6.07, 6.45) is 1.35. The summed E-state index contributed by atoms with van der Waals surface area (Å²) >= 11 is 0. The average Bonchev–Trinajstić information content (AvgIpc) is 2.93. The van der Waals surface area contributed by atoms with Gasteiger partial charge in [0.15, 0.2) is 5.82 Å². The van der Waals surface area contributed by atoms with Crippen molar-refractivity contribution in [2.24, 2.45) is 0 Å². The number of aromatic nitrogens is 2. The van der Waals surface area contributed by atoms with Gasteiger partial charge in [-0.15, -0.1) is 0 Å². The SMILES string of the molecule is O=C(NCCc1ncon1)c1cc(F)c([N+](=O)[O-])cc1F. The van der Waals surface area contributed by atoms with Gasteiger partial charge in [-0.2, -0.15) is 9.37 Å². The minimum Gasteiger partial charge on any atom is -0.351 e. The maximum absolute atomic E-state index is 13.6. The molecule has 0 radical (unpaired) electrons. The third kappa shape index (κ3) is 3.35.